The lowest BCUT2D eigenvalue weighted by Gasteiger charge is -2.38. The van der Waals surface area contributed by atoms with Gasteiger partial charge in [0.2, 0.25) is 11.8 Å². The van der Waals surface area contributed by atoms with Gasteiger partial charge in [-0.15, -0.1) is 0 Å². The van der Waals surface area contributed by atoms with Crippen LogP contribution in [0.3, 0.4) is 0 Å². The molecular formula is C19H24N4O2. The second kappa shape index (κ2) is 7.24. The van der Waals surface area contributed by atoms with Crippen LogP contribution in [-0.4, -0.2) is 48.4 Å². The fourth-order valence-corrected chi connectivity index (χ4v) is 3.74. The van der Waals surface area contributed by atoms with Gasteiger partial charge in [0.05, 0.1) is 17.7 Å². The van der Waals surface area contributed by atoms with Crippen molar-refractivity contribution in [1.82, 2.24) is 10.2 Å². The lowest BCUT2D eigenvalue weighted by molar-refractivity contribution is -0.131. The average Bonchev–Trinajstić information content (AvgIpc) is 2.97. The molecule has 1 aromatic carbocycles. The molecule has 0 unspecified atom stereocenters. The van der Waals surface area contributed by atoms with Crippen molar-refractivity contribution in [3.05, 3.63) is 29.8 Å². The summed E-state index contributed by atoms with van der Waals surface area (Å²) in [5, 5.41) is 12.4. The lowest BCUT2D eigenvalue weighted by atomic mass is 9.93. The molecule has 0 aromatic heterocycles. The van der Waals surface area contributed by atoms with E-state index >= 15 is 0 Å². The van der Waals surface area contributed by atoms with Gasteiger partial charge in [0, 0.05) is 38.3 Å². The predicted octanol–water partition coefficient (Wildman–Crippen LogP) is 1.51. The fraction of sp³-hybridized carbons (Fsp3) is 0.526. The number of amides is 2. The Bertz CT molecular complexity index is 694. The molecule has 3 atom stereocenters. The van der Waals surface area contributed by atoms with Crippen LogP contribution in [0.1, 0.15) is 32.3 Å². The first-order chi connectivity index (χ1) is 12.0. The van der Waals surface area contributed by atoms with E-state index in [0.29, 0.717) is 18.0 Å². The Labute approximate surface area is 148 Å². The third-order valence-electron chi connectivity index (χ3n) is 5.28. The number of nitrogens with one attached hydrogen (secondary N) is 1. The average molecular weight is 340 g/mol. The van der Waals surface area contributed by atoms with Crippen LogP contribution in [0.4, 0.5) is 5.69 Å². The van der Waals surface area contributed by atoms with Crippen molar-refractivity contribution in [2.24, 2.45) is 5.92 Å². The third-order valence-corrected chi connectivity index (χ3v) is 5.28. The Morgan fingerprint density at radius 1 is 1.24 bits per heavy atom. The lowest BCUT2D eigenvalue weighted by Crippen LogP contribution is -2.53. The maximum Gasteiger partial charge on any atom is 0.244 e. The number of carbonyl (C=O) groups excluding carboxylic acids is 2. The summed E-state index contributed by atoms with van der Waals surface area (Å²) in [6.45, 7) is 5.91. The Morgan fingerprint density at radius 3 is 2.56 bits per heavy atom. The van der Waals surface area contributed by atoms with E-state index in [0.717, 1.165) is 31.6 Å². The van der Waals surface area contributed by atoms with Crippen molar-refractivity contribution in [3.63, 3.8) is 0 Å². The molecule has 0 radical (unpaired) electrons. The molecule has 25 heavy (non-hydrogen) atoms. The predicted molar refractivity (Wildman–Crippen MR) is 94.9 cm³/mol. The summed E-state index contributed by atoms with van der Waals surface area (Å²) in [6, 6.07) is 9.30. The minimum Gasteiger partial charge on any atom is -0.343 e. The van der Waals surface area contributed by atoms with E-state index in [-0.39, 0.29) is 23.9 Å². The zero-order chi connectivity index (χ0) is 18.0. The van der Waals surface area contributed by atoms with E-state index in [1.54, 1.807) is 24.0 Å². The van der Waals surface area contributed by atoms with Gasteiger partial charge in [0.25, 0.3) is 0 Å². The van der Waals surface area contributed by atoms with Gasteiger partial charge in [-0.2, -0.15) is 5.26 Å². The van der Waals surface area contributed by atoms with Gasteiger partial charge in [-0.05, 0) is 43.0 Å². The Morgan fingerprint density at radius 2 is 1.96 bits per heavy atom. The van der Waals surface area contributed by atoms with E-state index < -0.39 is 0 Å². The minimum atomic E-state index is -0.174. The molecule has 1 aromatic rings. The number of carbonyl (C=O) groups is 2. The number of hydrogen-bond acceptors (Lipinski definition) is 4. The molecule has 3 rings (SSSR count). The van der Waals surface area contributed by atoms with Crippen LogP contribution in [0.2, 0.25) is 0 Å². The van der Waals surface area contributed by atoms with Gasteiger partial charge >= 0.3 is 0 Å². The molecule has 132 valence electrons. The number of piperidine rings is 1. The monoisotopic (exact) mass is 340 g/mol. The van der Waals surface area contributed by atoms with Gasteiger partial charge in [0.15, 0.2) is 0 Å². The van der Waals surface area contributed by atoms with Crippen LogP contribution >= 0.6 is 0 Å². The van der Waals surface area contributed by atoms with Crippen molar-refractivity contribution in [1.29, 1.82) is 5.26 Å². The van der Waals surface area contributed by atoms with E-state index in [4.69, 9.17) is 5.26 Å². The number of anilines is 1. The number of likely N-dealkylation sites (tertiary alicyclic amines) is 1. The molecule has 2 aliphatic heterocycles. The minimum absolute atomic E-state index is 0.0888. The van der Waals surface area contributed by atoms with E-state index in [9.17, 15) is 9.59 Å². The van der Waals surface area contributed by atoms with E-state index in [1.807, 2.05) is 17.0 Å². The summed E-state index contributed by atoms with van der Waals surface area (Å²) in [5.74, 6) is 0.537. The standard InChI is InChI=1S/C19H24N4O2/c1-13-12-22(14(2)24)9-7-17(13)21-18-8-10-23(19(18)25)16-5-3-15(11-20)4-6-16/h3-6,13,17-18,21H,7-10,12H2,1-2H3/t13-,17-,18-/m0/s1. The molecule has 0 bridgehead atoms. The van der Waals surface area contributed by atoms with Crippen molar-refractivity contribution in [2.75, 3.05) is 24.5 Å². The molecular weight excluding hydrogens is 316 g/mol. The highest BCUT2D eigenvalue weighted by atomic mass is 16.2. The normalized spacial score (nSPS) is 26.6. The highest BCUT2D eigenvalue weighted by molar-refractivity contribution is 5.99. The van der Waals surface area contributed by atoms with Crippen LogP contribution in [0.25, 0.3) is 0 Å². The number of rotatable bonds is 3. The first-order valence-electron chi connectivity index (χ1n) is 8.82. The maximum absolute atomic E-state index is 12.7. The summed E-state index contributed by atoms with van der Waals surface area (Å²) < 4.78 is 0. The van der Waals surface area contributed by atoms with Crippen molar-refractivity contribution < 1.29 is 9.59 Å². The highest BCUT2D eigenvalue weighted by Crippen LogP contribution is 2.24. The number of nitrogens with zero attached hydrogens (tertiary/aromatic N) is 3. The number of hydrogen-bond donors (Lipinski definition) is 1. The smallest absolute Gasteiger partial charge is 0.244 e. The Kier molecular flexibility index (Phi) is 5.05. The van der Waals surface area contributed by atoms with Crippen molar-refractivity contribution in [2.45, 2.75) is 38.8 Å². The SMILES string of the molecule is CC(=O)N1CC[C@H](N[C@H]2CCN(c3ccc(C#N)cc3)C2=O)[C@@H](C)C1. The maximum atomic E-state index is 12.7. The second-order valence-corrected chi connectivity index (χ2v) is 6.99. The van der Waals surface area contributed by atoms with Crippen molar-refractivity contribution in [3.8, 4) is 6.07 Å². The molecule has 2 saturated heterocycles. The van der Waals surface area contributed by atoms with Crippen LogP contribution in [-0.2, 0) is 9.59 Å². The molecule has 2 heterocycles. The molecule has 2 aliphatic rings. The number of nitriles is 1. The Hall–Kier alpha value is -2.39. The molecule has 2 fully saturated rings. The van der Waals surface area contributed by atoms with Crippen LogP contribution in [0.15, 0.2) is 24.3 Å². The van der Waals surface area contributed by atoms with Gasteiger partial charge in [-0.25, -0.2) is 0 Å². The first-order valence-corrected chi connectivity index (χ1v) is 8.82. The quantitative estimate of drug-likeness (QED) is 0.905. The highest BCUT2D eigenvalue weighted by Gasteiger charge is 2.36. The topological polar surface area (TPSA) is 76.4 Å². The molecule has 2 amide bonds. The zero-order valence-electron chi connectivity index (χ0n) is 14.7. The summed E-state index contributed by atoms with van der Waals surface area (Å²) in [6.07, 6.45) is 1.65. The first kappa shape index (κ1) is 17.4. The van der Waals surface area contributed by atoms with Crippen molar-refractivity contribution >= 4 is 17.5 Å². The zero-order valence-corrected chi connectivity index (χ0v) is 14.7. The Balaban J connectivity index is 1.60. The molecule has 6 heteroatoms. The summed E-state index contributed by atoms with van der Waals surface area (Å²) >= 11 is 0. The molecule has 1 N–H and O–H groups in total. The van der Waals surface area contributed by atoms with Gasteiger partial charge < -0.3 is 15.1 Å². The molecule has 0 spiro atoms. The summed E-state index contributed by atoms with van der Waals surface area (Å²) in [5.41, 5.74) is 1.43. The van der Waals surface area contributed by atoms with Gasteiger partial charge in [0.1, 0.15) is 0 Å². The van der Waals surface area contributed by atoms with Crippen LogP contribution in [0, 0.1) is 17.2 Å². The van der Waals surface area contributed by atoms with E-state index in [1.165, 1.54) is 0 Å². The van der Waals surface area contributed by atoms with Crippen LogP contribution in [0.5, 0.6) is 0 Å². The van der Waals surface area contributed by atoms with E-state index in [2.05, 4.69) is 18.3 Å². The molecule has 0 aliphatic carbocycles. The van der Waals surface area contributed by atoms with Crippen LogP contribution < -0.4 is 10.2 Å². The third kappa shape index (κ3) is 3.67. The van der Waals surface area contributed by atoms with Gasteiger partial charge in [-0.3, -0.25) is 9.59 Å². The fourth-order valence-electron chi connectivity index (χ4n) is 3.74. The molecule has 0 saturated carbocycles. The summed E-state index contributed by atoms with van der Waals surface area (Å²) in [4.78, 5) is 27.9. The molecule has 6 nitrogen and oxygen atoms in total. The van der Waals surface area contributed by atoms with Gasteiger partial charge in [-0.1, -0.05) is 6.92 Å². The second-order valence-electron chi connectivity index (χ2n) is 6.99. The number of benzene rings is 1. The summed E-state index contributed by atoms with van der Waals surface area (Å²) in [7, 11) is 0. The largest absolute Gasteiger partial charge is 0.343 e.